The molecule has 1 saturated carbocycles. The molecule has 2 fully saturated rings. The van der Waals surface area contributed by atoms with Crippen molar-refractivity contribution in [3.05, 3.63) is 0 Å². The van der Waals surface area contributed by atoms with Gasteiger partial charge in [0, 0.05) is 18.3 Å². The molecule has 2 unspecified atom stereocenters. The zero-order valence-electron chi connectivity index (χ0n) is 12.6. The smallest absolute Gasteiger partial charge is 0.242 e. The summed E-state index contributed by atoms with van der Waals surface area (Å²) in [5, 5.41) is 1.42. The summed E-state index contributed by atoms with van der Waals surface area (Å²) in [6.45, 7) is 4.39. The largest absolute Gasteiger partial charge is 0.341 e. The summed E-state index contributed by atoms with van der Waals surface area (Å²) in [5.74, 6) is 7.56. The summed E-state index contributed by atoms with van der Waals surface area (Å²) in [7, 11) is 0. The molecular formula is C14H24N6S. The monoisotopic (exact) mass is 308 g/mol. The Hall–Kier alpha value is -1.08. The third-order valence-electron chi connectivity index (χ3n) is 4.28. The molecule has 116 valence electrons. The molecule has 1 aromatic heterocycles. The fourth-order valence-electron chi connectivity index (χ4n) is 3.16. The van der Waals surface area contributed by atoms with Gasteiger partial charge in [-0.05, 0) is 31.6 Å². The average Bonchev–Trinajstić information content (AvgIpc) is 3.01. The van der Waals surface area contributed by atoms with E-state index in [1.807, 2.05) is 0 Å². The summed E-state index contributed by atoms with van der Waals surface area (Å²) in [5.41, 5.74) is 2.58. The molecule has 2 atom stereocenters. The molecular weight excluding hydrogens is 284 g/mol. The number of hydrogen-bond acceptors (Lipinski definition) is 7. The van der Waals surface area contributed by atoms with Crippen LogP contribution in [-0.4, -0.2) is 33.3 Å². The van der Waals surface area contributed by atoms with E-state index in [0.29, 0.717) is 11.2 Å². The van der Waals surface area contributed by atoms with Crippen molar-refractivity contribution in [1.82, 2.24) is 15.0 Å². The number of hydrogen-bond donors (Lipinski definition) is 2. The van der Waals surface area contributed by atoms with E-state index >= 15 is 0 Å². The Bertz CT molecular complexity index is 477. The first kappa shape index (κ1) is 14.8. The van der Waals surface area contributed by atoms with Crippen molar-refractivity contribution >= 4 is 23.7 Å². The van der Waals surface area contributed by atoms with Gasteiger partial charge in [-0.2, -0.15) is 15.0 Å². The van der Waals surface area contributed by atoms with Gasteiger partial charge in [0.1, 0.15) is 0 Å². The van der Waals surface area contributed by atoms with Gasteiger partial charge in [0.15, 0.2) is 5.16 Å². The molecule has 1 aliphatic carbocycles. The van der Waals surface area contributed by atoms with Crippen molar-refractivity contribution in [2.24, 2.45) is 11.8 Å². The van der Waals surface area contributed by atoms with Crippen LogP contribution in [0.4, 0.5) is 11.9 Å². The molecule has 3 rings (SSSR count). The molecule has 1 saturated heterocycles. The van der Waals surface area contributed by atoms with E-state index in [9.17, 15) is 0 Å². The fraction of sp³-hybridized carbons (Fsp3) is 0.786. The van der Waals surface area contributed by atoms with Crippen LogP contribution in [0.25, 0.3) is 0 Å². The van der Waals surface area contributed by atoms with Crippen molar-refractivity contribution < 1.29 is 0 Å². The summed E-state index contributed by atoms with van der Waals surface area (Å²) < 4.78 is 0. The van der Waals surface area contributed by atoms with Gasteiger partial charge in [-0.1, -0.05) is 31.5 Å². The maximum atomic E-state index is 5.51. The second-order valence-corrected chi connectivity index (χ2v) is 7.36. The van der Waals surface area contributed by atoms with E-state index in [4.69, 9.17) is 5.84 Å². The maximum Gasteiger partial charge on any atom is 0.242 e. The van der Waals surface area contributed by atoms with E-state index in [-0.39, 0.29) is 0 Å². The van der Waals surface area contributed by atoms with Gasteiger partial charge in [-0.3, -0.25) is 5.43 Å². The quantitative estimate of drug-likeness (QED) is 0.653. The summed E-state index contributed by atoms with van der Waals surface area (Å²) in [6, 6.07) is 0. The highest BCUT2D eigenvalue weighted by atomic mass is 32.2. The van der Waals surface area contributed by atoms with Crippen LogP contribution < -0.4 is 16.2 Å². The number of nitrogens with zero attached hydrogens (tertiary/aromatic N) is 4. The van der Waals surface area contributed by atoms with E-state index in [2.05, 4.69) is 32.2 Å². The number of thioether (sulfide) groups is 1. The van der Waals surface area contributed by atoms with Crippen molar-refractivity contribution in [3.8, 4) is 0 Å². The number of nitrogens with one attached hydrogen (secondary N) is 1. The molecule has 3 N–H and O–H groups in total. The van der Waals surface area contributed by atoms with Gasteiger partial charge < -0.3 is 4.90 Å². The molecule has 0 amide bonds. The standard InChI is InChI=1S/C14H24N6S/c1-10-5-4-6-11(9-10)21-14-17-12(19-15)16-13(18-14)20-7-2-3-8-20/h10-11H,2-9,15H2,1H3,(H,16,17,18,19). The van der Waals surface area contributed by atoms with Crippen LogP contribution in [0.1, 0.15) is 45.4 Å². The van der Waals surface area contributed by atoms with Crippen molar-refractivity contribution in [2.45, 2.75) is 55.9 Å². The highest BCUT2D eigenvalue weighted by molar-refractivity contribution is 7.99. The summed E-state index contributed by atoms with van der Waals surface area (Å²) in [4.78, 5) is 15.7. The van der Waals surface area contributed by atoms with Gasteiger partial charge in [0.2, 0.25) is 11.9 Å². The number of nitrogens with two attached hydrogens (primary N) is 1. The Morgan fingerprint density at radius 3 is 2.67 bits per heavy atom. The van der Waals surface area contributed by atoms with E-state index in [1.165, 1.54) is 38.5 Å². The zero-order chi connectivity index (χ0) is 14.7. The fourth-order valence-corrected chi connectivity index (χ4v) is 4.44. The van der Waals surface area contributed by atoms with Crippen LogP contribution >= 0.6 is 11.8 Å². The lowest BCUT2D eigenvalue weighted by Crippen LogP contribution is -2.23. The topological polar surface area (TPSA) is 80.0 Å². The molecule has 6 nitrogen and oxygen atoms in total. The molecule has 1 aliphatic heterocycles. The van der Waals surface area contributed by atoms with Crippen molar-refractivity contribution in [1.29, 1.82) is 0 Å². The first-order valence-electron chi connectivity index (χ1n) is 7.89. The second-order valence-electron chi connectivity index (χ2n) is 6.09. The van der Waals surface area contributed by atoms with Crippen molar-refractivity contribution in [3.63, 3.8) is 0 Å². The van der Waals surface area contributed by atoms with Gasteiger partial charge >= 0.3 is 0 Å². The lowest BCUT2D eigenvalue weighted by atomic mass is 9.91. The maximum absolute atomic E-state index is 5.51. The molecule has 1 aromatic rings. The summed E-state index contributed by atoms with van der Waals surface area (Å²) >= 11 is 1.79. The third-order valence-corrected chi connectivity index (χ3v) is 5.44. The Kier molecular flexibility index (Phi) is 4.80. The Balaban J connectivity index is 1.75. The van der Waals surface area contributed by atoms with Crippen LogP contribution in [0.15, 0.2) is 5.16 Å². The van der Waals surface area contributed by atoms with Gasteiger partial charge in [-0.25, -0.2) is 5.84 Å². The number of nitrogen functional groups attached to an aromatic ring is 1. The first-order chi connectivity index (χ1) is 10.2. The van der Waals surface area contributed by atoms with E-state index in [1.54, 1.807) is 11.8 Å². The normalized spacial score (nSPS) is 26.1. The molecule has 2 heterocycles. The zero-order valence-corrected chi connectivity index (χ0v) is 13.4. The number of hydrazine groups is 1. The van der Waals surface area contributed by atoms with Crippen LogP contribution in [0, 0.1) is 5.92 Å². The van der Waals surface area contributed by atoms with Crippen LogP contribution in [-0.2, 0) is 0 Å². The lowest BCUT2D eigenvalue weighted by molar-refractivity contribution is 0.394. The van der Waals surface area contributed by atoms with E-state index in [0.717, 1.165) is 30.1 Å². The second kappa shape index (κ2) is 6.79. The van der Waals surface area contributed by atoms with Crippen LogP contribution in [0.5, 0.6) is 0 Å². The Labute approximate surface area is 130 Å². The first-order valence-corrected chi connectivity index (χ1v) is 8.77. The molecule has 0 spiro atoms. The average molecular weight is 308 g/mol. The Morgan fingerprint density at radius 1 is 1.14 bits per heavy atom. The molecule has 2 aliphatic rings. The molecule has 7 heteroatoms. The number of anilines is 2. The molecule has 21 heavy (non-hydrogen) atoms. The SMILES string of the molecule is CC1CCCC(Sc2nc(NN)nc(N3CCCC3)n2)C1. The number of rotatable bonds is 4. The third kappa shape index (κ3) is 3.77. The van der Waals surface area contributed by atoms with Gasteiger partial charge in [-0.15, -0.1) is 0 Å². The minimum absolute atomic E-state index is 0.471. The number of aromatic nitrogens is 3. The molecule has 0 aromatic carbocycles. The minimum Gasteiger partial charge on any atom is -0.341 e. The minimum atomic E-state index is 0.471. The highest BCUT2D eigenvalue weighted by Crippen LogP contribution is 2.35. The van der Waals surface area contributed by atoms with Crippen molar-refractivity contribution in [2.75, 3.05) is 23.4 Å². The van der Waals surface area contributed by atoms with E-state index < -0.39 is 0 Å². The highest BCUT2D eigenvalue weighted by Gasteiger charge is 2.23. The molecule has 0 radical (unpaired) electrons. The predicted molar refractivity (Wildman–Crippen MR) is 86.4 cm³/mol. The lowest BCUT2D eigenvalue weighted by Gasteiger charge is -2.25. The molecule has 0 bridgehead atoms. The van der Waals surface area contributed by atoms with Crippen LogP contribution in [0.2, 0.25) is 0 Å². The summed E-state index contributed by atoms with van der Waals surface area (Å²) in [6.07, 6.45) is 7.58. The van der Waals surface area contributed by atoms with Gasteiger partial charge in [0.25, 0.3) is 0 Å². The van der Waals surface area contributed by atoms with Gasteiger partial charge in [0.05, 0.1) is 0 Å². The Morgan fingerprint density at radius 2 is 1.95 bits per heavy atom. The predicted octanol–water partition coefficient (Wildman–Crippen LogP) is 2.43. The van der Waals surface area contributed by atoms with Crippen LogP contribution in [0.3, 0.4) is 0 Å².